The van der Waals surface area contributed by atoms with Crippen molar-refractivity contribution < 1.29 is 24.5 Å². The number of hydrogen-bond donors (Lipinski definition) is 4. The van der Waals surface area contributed by atoms with Crippen molar-refractivity contribution >= 4 is 11.8 Å². The summed E-state index contributed by atoms with van der Waals surface area (Å²) >= 11 is 0. The average molecular weight is 282 g/mol. The zero-order chi connectivity index (χ0) is 15.1. The molecule has 0 bridgehead atoms. The monoisotopic (exact) mass is 282 g/mol. The first kappa shape index (κ1) is 15.8. The van der Waals surface area contributed by atoms with Crippen LogP contribution >= 0.6 is 0 Å². The van der Waals surface area contributed by atoms with Gasteiger partial charge in [-0.1, -0.05) is 0 Å². The Morgan fingerprint density at radius 2 is 1.85 bits per heavy atom. The zero-order valence-electron chi connectivity index (χ0n) is 11.3. The summed E-state index contributed by atoms with van der Waals surface area (Å²) in [6, 6.07) is 2.76. The molecule has 0 spiro atoms. The van der Waals surface area contributed by atoms with Crippen LogP contribution in [-0.4, -0.2) is 48.3 Å². The summed E-state index contributed by atoms with van der Waals surface area (Å²) in [4.78, 5) is 23.5. The maximum atomic E-state index is 11.9. The zero-order valence-corrected chi connectivity index (χ0v) is 11.3. The SMILES string of the molecule is COCCNC(=O)C(C)NC(=O)c1cc(O)cc(O)c1. The van der Waals surface area contributed by atoms with Crippen LogP contribution < -0.4 is 10.6 Å². The van der Waals surface area contributed by atoms with E-state index in [2.05, 4.69) is 10.6 Å². The largest absolute Gasteiger partial charge is 0.508 e. The molecule has 0 heterocycles. The minimum atomic E-state index is -0.746. The van der Waals surface area contributed by atoms with E-state index in [0.717, 1.165) is 6.07 Å². The second kappa shape index (κ2) is 7.34. The van der Waals surface area contributed by atoms with Crippen molar-refractivity contribution in [1.82, 2.24) is 10.6 Å². The van der Waals surface area contributed by atoms with Crippen molar-refractivity contribution in [3.05, 3.63) is 23.8 Å². The van der Waals surface area contributed by atoms with Crippen LogP contribution in [0.5, 0.6) is 11.5 Å². The lowest BCUT2D eigenvalue weighted by atomic mass is 10.1. The number of carbonyl (C=O) groups excluding carboxylic acids is 2. The molecule has 1 aromatic carbocycles. The number of aromatic hydroxyl groups is 2. The highest BCUT2D eigenvalue weighted by molar-refractivity contribution is 5.98. The van der Waals surface area contributed by atoms with Crippen LogP contribution in [0.4, 0.5) is 0 Å². The summed E-state index contributed by atoms with van der Waals surface area (Å²) in [5, 5.41) is 23.6. The van der Waals surface area contributed by atoms with Gasteiger partial charge in [-0.05, 0) is 19.1 Å². The second-order valence-corrected chi connectivity index (χ2v) is 4.22. The maximum Gasteiger partial charge on any atom is 0.252 e. The Balaban J connectivity index is 2.58. The van der Waals surface area contributed by atoms with E-state index < -0.39 is 11.9 Å². The highest BCUT2D eigenvalue weighted by atomic mass is 16.5. The molecule has 4 N–H and O–H groups in total. The van der Waals surface area contributed by atoms with E-state index in [1.165, 1.54) is 26.2 Å². The van der Waals surface area contributed by atoms with Gasteiger partial charge in [-0.3, -0.25) is 9.59 Å². The molecule has 20 heavy (non-hydrogen) atoms. The number of methoxy groups -OCH3 is 1. The van der Waals surface area contributed by atoms with Gasteiger partial charge in [0.05, 0.1) is 6.61 Å². The average Bonchev–Trinajstić information content (AvgIpc) is 2.37. The van der Waals surface area contributed by atoms with Crippen LogP contribution in [0.15, 0.2) is 18.2 Å². The highest BCUT2D eigenvalue weighted by Crippen LogP contribution is 2.20. The summed E-state index contributed by atoms with van der Waals surface area (Å²) in [5.74, 6) is -1.37. The summed E-state index contributed by atoms with van der Waals surface area (Å²) in [5.41, 5.74) is 0.0686. The Labute approximate surface area is 116 Å². The fraction of sp³-hybridized carbons (Fsp3) is 0.385. The van der Waals surface area contributed by atoms with E-state index in [1.54, 1.807) is 0 Å². The summed E-state index contributed by atoms with van der Waals surface area (Å²) in [7, 11) is 1.52. The Hall–Kier alpha value is -2.28. The Kier molecular flexibility index (Phi) is 5.79. The molecule has 2 amide bonds. The summed E-state index contributed by atoms with van der Waals surface area (Å²) in [6.07, 6.45) is 0. The van der Waals surface area contributed by atoms with Gasteiger partial charge in [0.1, 0.15) is 17.5 Å². The summed E-state index contributed by atoms with van der Waals surface area (Å²) < 4.78 is 4.79. The molecular weight excluding hydrogens is 264 g/mol. The number of nitrogens with one attached hydrogen (secondary N) is 2. The molecule has 1 aromatic rings. The number of carbonyl (C=O) groups is 2. The number of rotatable bonds is 6. The van der Waals surface area contributed by atoms with Gasteiger partial charge in [-0.2, -0.15) is 0 Å². The van der Waals surface area contributed by atoms with Crippen molar-refractivity contribution in [1.29, 1.82) is 0 Å². The van der Waals surface area contributed by atoms with E-state index in [-0.39, 0.29) is 23.0 Å². The van der Waals surface area contributed by atoms with Crippen molar-refractivity contribution in [3.8, 4) is 11.5 Å². The minimum Gasteiger partial charge on any atom is -0.508 e. The molecule has 0 saturated carbocycles. The van der Waals surface area contributed by atoms with Gasteiger partial charge >= 0.3 is 0 Å². The van der Waals surface area contributed by atoms with E-state index >= 15 is 0 Å². The Bertz CT molecular complexity index is 469. The van der Waals surface area contributed by atoms with E-state index in [4.69, 9.17) is 4.74 Å². The van der Waals surface area contributed by atoms with Crippen molar-refractivity contribution in [2.24, 2.45) is 0 Å². The first-order chi connectivity index (χ1) is 9.43. The van der Waals surface area contributed by atoms with Crippen LogP contribution in [0, 0.1) is 0 Å². The van der Waals surface area contributed by atoms with Gasteiger partial charge in [-0.15, -0.1) is 0 Å². The van der Waals surface area contributed by atoms with Crippen LogP contribution in [0.1, 0.15) is 17.3 Å². The number of hydrogen-bond acceptors (Lipinski definition) is 5. The Morgan fingerprint density at radius 1 is 1.25 bits per heavy atom. The highest BCUT2D eigenvalue weighted by Gasteiger charge is 2.17. The van der Waals surface area contributed by atoms with Crippen molar-refractivity contribution in [3.63, 3.8) is 0 Å². The number of phenolic OH excluding ortho intramolecular Hbond substituents is 2. The molecule has 7 heteroatoms. The molecule has 0 fully saturated rings. The van der Waals surface area contributed by atoms with E-state index in [0.29, 0.717) is 13.2 Å². The number of benzene rings is 1. The number of ether oxygens (including phenoxy) is 1. The lowest BCUT2D eigenvalue weighted by molar-refractivity contribution is -0.122. The second-order valence-electron chi connectivity index (χ2n) is 4.22. The molecule has 0 aliphatic rings. The quantitative estimate of drug-likeness (QED) is 0.548. The lowest BCUT2D eigenvalue weighted by Gasteiger charge is -2.14. The molecule has 0 aliphatic heterocycles. The normalized spacial score (nSPS) is 11.7. The molecule has 1 rings (SSSR count). The molecule has 0 radical (unpaired) electrons. The van der Waals surface area contributed by atoms with E-state index in [1.807, 2.05) is 0 Å². The topological polar surface area (TPSA) is 108 Å². The van der Waals surface area contributed by atoms with Gasteiger partial charge in [0, 0.05) is 25.3 Å². The third kappa shape index (κ3) is 4.77. The van der Waals surface area contributed by atoms with Gasteiger partial charge in [-0.25, -0.2) is 0 Å². The molecule has 1 atom stereocenters. The van der Waals surface area contributed by atoms with Crippen molar-refractivity contribution in [2.75, 3.05) is 20.3 Å². The van der Waals surface area contributed by atoms with Crippen LogP contribution in [0.3, 0.4) is 0 Å². The molecular formula is C13H18N2O5. The Morgan fingerprint density at radius 3 is 2.40 bits per heavy atom. The first-order valence-electron chi connectivity index (χ1n) is 6.04. The maximum absolute atomic E-state index is 11.9. The third-order valence-electron chi connectivity index (χ3n) is 2.51. The smallest absolute Gasteiger partial charge is 0.252 e. The first-order valence-corrected chi connectivity index (χ1v) is 6.04. The number of amides is 2. The van der Waals surface area contributed by atoms with Gasteiger partial charge < -0.3 is 25.6 Å². The molecule has 110 valence electrons. The van der Waals surface area contributed by atoms with Crippen LogP contribution in [0.25, 0.3) is 0 Å². The predicted molar refractivity (Wildman–Crippen MR) is 71.6 cm³/mol. The molecule has 0 aliphatic carbocycles. The standard InChI is InChI=1S/C13H18N2O5/c1-8(12(18)14-3-4-20-2)15-13(19)9-5-10(16)7-11(17)6-9/h5-8,16-17H,3-4H2,1-2H3,(H,14,18)(H,15,19). The molecule has 0 saturated heterocycles. The predicted octanol–water partition coefficient (Wildman–Crippen LogP) is -0.0213. The minimum absolute atomic E-state index is 0.0686. The summed E-state index contributed by atoms with van der Waals surface area (Å²) in [6.45, 7) is 2.26. The fourth-order valence-corrected chi connectivity index (χ4v) is 1.50. The number of phenols is 2. The fourth-order valence-electron chi connectivity index (χ4n) is 1.50. The van der Waals surface area contributed by atoms with E-state index in [9.17, 15) is 19.8 Å². The van der Waals surface area contributed by atoms with Crippen molar-refractivity contribution in [2.45, 2.75) is 13.0 Å². The molecule has 0 aromatic heterocycles. The molecule has 1 unspecified atom stereocenters. The van der Waals surface area contributed by atoms with Crippen LogP contribution in [-0.2, 0) is 9.53 Å². The van der Waals surface area contributed by atoms with Crippen LogP contribution in [0.2, 0.25) is 0 Å². The lowest BCUT2D eigenvalue weighted by Crippen LogP contribution is -2.45. The van der Waals surface area contributed by atoms with Gasteiger partial charge in [0.15, 0.2) is 0 Å². The van der Waals surface area contributed by atoms with Gasteiger partial charge in [0.2, 0.25) is 5.91 Å². The molecule has 7 nitrogen and oxygen atoms in total. The third-order valence-corrected chi connectivity index (χ3v) is 2.51. The van der Waals surface area contributed by atoms with Gasteiger partial charge in [0.25, 0.3) is 5.91 Å².